The minimum Gasteiger partial charge on any atom is -0.306 e. The zero-order valence-corrected chi connectivity index (χ0v) is 13.1. The maximum absolute atomic E-state index is 3.65. The Balaban J connectivity index is 2.40. The highest BCUT2D eigenvalue weighted by Gasteiger charge is 2.15. The molecule has 0 aromatic heterocycles. The Hall–Kier alpha value is -1.12. The van der Waals surface area contributed by atoms with Crippen LogP contribution in [0, 0.1) is 6.92 Å². The van der Waals surface area contributed by atoms with Gasteiger partial charge in [0.15, 0.2) is 0 Å². The van der Waals surface area contributed by atoms with Gasteiger partial charge < -0.3 is 5.32 Å². The first kappa shape index (κ1) is 14.3. The minimum absolute atomic E-state index is 0.263. The van der Waals surface area contributed by atoms with Crippen molar-refractivity contribution >= 4 is 15.9 Å². The normalized spacial score (nSPS) is 12.4. The van der Waals surface area contributed by atoms with Crippen molar-refractivity contribution in [2.24, 2.45) is 0 Å². The third-order valence-corrected chi connectivity index (χ3v) is 3.78. The lowest BCUT2D eigenvalue weighted by Gasteiger charge is -2.22. The first-order valence-corrected chi connectivity index (χ1v) is 7.56. The van der Waals surface area contributed by atoms with E-state index in [4.69, 9.17) is 0 Å². The average Bonchev–Trinajstić information content (AvgIpc) is 2.44. The van der Waals surface area contributed by atoms with Gasteiger partial charge in [0.25, 0.3) is 0 Å². The highest BCUT2D eigenvalue weighted by molar-refractivity contribution is 9.10. The molecule has 2 aromatic rings. The highest BCUT2D eigenvalue weighted by atomic mass is 79.9. The van der Waals surface area contributed by atoms with Crippen LogP contribution < -0.4 is 5.32 Å². The molecule has 0 radical (unpaired) electrons. The van der Waals surface area contributed by atoms with Crippen LogP contribution in [0.3, 0.4) is 0 Å². The standard InChI is InChI=1S/C17H20BrN/c1-3-11-19-17(14-7-5-4-6-8-14)16-12-15(18)10-9-13(16)2/h4-10,12,17,19H,3,11H2,1-2H3. The summed E-state index contributed by atoms with van der Waals surface area (Å²) in [5.41, 5.74) is 3.98. The molecule has 0 saturated carbocycles. The van der Waals surface area contributed by atoms with Crippen LogP contribution in [0.15, 0.2) is 53.0 Å². The zero-order chi connectivity index (χ0) is 13.7. The molecule has 2 heteroatoms. The molecule has 1 N–H and O–H groups in total. The monoisotopic (exact) mass is 317 g/mol. The highest BCUT2D eigenvalue weighted by Crippen LogP contribution is 2.27. The lowest BCUT2D eigenvalue weighted by Crippen LogP contribution is -2.23. The molecular weight excluding hydrogens is 298 g/mol. The Kier molecular flexibility index (Phi) is 5.17. The van der Waals surface area contributed by atoms with E-state index in [-0.39, 0.29) is 6.04 Å². The van der Waals surface area contributed by atoms with Crippen molar-refractivity contribution in [1.82, 2.24) is 5.32 Å². The summed E-state index contributed by atoms with van der Waals surface area (Å²) < 4.78 is 1.13. The second kappa shape index (κ2) is 6.88. The fourth-order valence-corrected chi connectivity index (χ4v) is 2.64. The van der Waals surface area contributed by atoms with Crippen LogP contribution >= 0.6 is 15.9 Å². The topological polar surface area (TPSA) is 12.0 Å². The fourth-order valence-electron chi connectivity index (χ4n) is 2.26. The Bertz CT molecular complexity index is 522. The van der Waals surface area contributed by atoms with E-state index in [1.807, 2.05) is 0 Å². The van der Waals surface area contributed by atoms with Crippen molar-refractivity contribution in [1.29, 1.82) is 0 Å². The summed E-state index contributed by atoms with van der Waals surface area (Å²) in [5, 5.41) is 3.65. The van der Waals surface area contributed by atoms with Gasteiger partial charge in [0.2, 0.25) is 0 Å². The number of aryl methyl sites for hydroxylation is 1. The second-order valence-electron chi connectivity index (χ2n) is 4.80. The molecule has 2 aromatic carbocycles. The van der Waals surface area contributed by atoms with Gasteiger partial charge >= 0.3 is 0 Å². The summed E-state index contributed by atoms with van der Waals surface area (Å²) in [6.45, 7) is 5.39. The number of benzene rings is 2. The summed E-state index contributed by atoms with van der Waals surface area (Å²) in [7, 11) is 0. The van der Waals surface area contributed by atoms with Crippen LogP contribution in [0.25, 0.3) is 0 Å². The molecule has 1 nitrogen and oxygen atoms in total. The lowest BCUT2D eigenvalue weighted by molar-refractivity contribution is 0.596. The van der Waals surface area contributed by atoms with Crippen molar-refractivity contribution in [2.45, 2.75) is 26.3 Å². The Morgan fingerprint density at radius 2 is 1.84 bits per heavy atom. The van der Waals surface area contributed by atoms with E-state index in [1.165, 1.54) is 16.7 Å². The molecule has 0 aliphatic rings. The van der Waals surface area contributed by atoms with Gasteiger partial charge in [0, 0.05) is 4.47 Å². The molecule has 0 amide bonds. The van der Waals surface area contributed by atoms with Gasteiger partial charge in [-0.25, -0.2) is 0 Å². The summed E-state index contributed by atoms with van der Waals surface area (Å²) in [6.07, 6.45) is 1.14. The van der Waals surface area contributed by atoms with Gasteiger partial charge in [0.05, 0.1) is 6.04 Å². The van der Waals surface area contributed by atoms with E-state index in [2.05, 4.69) is 83.6 Å². The van der Waals surface area contributed by atoms with E-state index in [1.54, 1.807) is 0 Å². The maximum Gasteiger partial charge on any atom is 0.0579 e. The maximum atomic E-state index is 3.65. The largest absolute Gasteiger partial charge is 0.306 e. The SMILES string of the molecule is CCCNC(c1ccccc1)c1cc(Br)ccc1C. The second-order valence-corrected chi connectivity index (χ2v) is 5.71. The van der Waals surface area contributed by atoms with Crippen molar-refractivity contribution in [2.75, 3.05) is 6.54 Å². The van der Waals surface area contributed by atoms with E-state index in [9.17, 15) is 0 Å². The molecule has 0 saturated heterocycles. The Morgan fingerprint density at radius 3 is 2.53 bits per heavy atom. The van der Waals surface area contributed by atoms with Crippen molar-refractivity contribution < 1.29 is 0 Å². The molecule has 0 aliphatic carbocycles. The van der Waals surface area contributed by atoms with Crippen LogP contribution in [-0.4, -0.2) is 6.54 Å². The molecule has 1 unspecified atom stereocenters. The molecule has 2 rings (SSSR count). The molecular formula is C17H20BrN. The molecule has 1 atom stereocenters. The molecule has 0 bridgehead atoms. The molecule has 100 valence electrons. The molecule has 0 fully saturated rings. The van der Waals surface area contributed by atoms with Gasteiger partial charge in [-0.05, 0) is 48.7 Å². The van der Waals surface area contributed by atoms with Gasteiger partial charge in [0.1, 0.15) is 0 Å². The number of halogens is 1. The minimum atomic E-state index is 0.263. The molecule has 19 heavy (non-hydrogen) atoms. The summed E-state index contributed by atoms with van der Waals surface area (Å²) in [6, 6.07) is 17.4. The number of rotatable bonds is 5. The van der Waals surface area contributed by atoms with Gasteiger partial charge in [-0.3, -0.25) is 0 Å². The lowest BCUT2D eigenvalue weighted by atomic mass is 9.95. The van der Waals surface area contributed by atoms with Crippen molar-refractivity contribution in [3.8, 4) is 0 Å². The summed E-state index contributed by atoms with van der Waals surface area (Å²) in [4.78, 5) is 0. The fraction of sp³-hybridized carbons (Fsp3) is 0.294. The third kappa shape index (κ3) is 3.68. The number of hydrogen-bond acceptors (Lipinski definition) is 1. The molecule has 0 heterocycles. The quantitative estimate of drug-likeness (QED) is 0.831. The predicted octanol–water partition coefficient (Wildman–Crippen LogP) is 4.85. The van der Waals surface area contributed by atoms with Gasteiger partial charge in [-0.2, -0.15) is 0 Å². The first-order chi connectivity index (χ1) is 9.22. The molecule has 0 spiro atoms. The number of nitrogens with one attached hydrogen (secondary N) is 1. The average molecular weight is 318 g/mol. The van der Waals surface area contributed by atoms with Crippen LogP contribution in [0.4, 0.5) is 0 Å². The van der Waals surface area contributed by atoms with Crippen LogP contribution in [0.2, 0.25) is 0 Å². The van der Waals surface area contributed by atoms with Crippen LogP contribution in [0.1, 0.15) is 36.1 Å². The summed E-state index contributed by atoms with van der Waals surface area (Å²) >= 11 is 3.58. The zero-order valence-electron chi connectivity index (χ0n) is 11.5. The summed E-state index contributed by atoms with van der Waals surface area (Å²) in [5.74, 6) is 0. The molecule has 0 aliphatic heterocycles. The van der Waals surface area contributed by atoms with E-state index >= 15 is 0 Å². The third-order valence-electron chi connectivity index (χ3n) is 3.28. The van der Waals surface area contributed by atoms with E-state index in [0.29, 0.717) is 0 Å². The van der Waals surface area contributed by atoms with E-state index in [0.717, 1.165) is 17.4 Å². The smallest absolute Gasteiger partial charge is 0.0579 e. The van der Waals surface area contributed by atoms with E-state index < -0.39 is 0 Å². The van der Waals surface area contributed by atoms with Crippen LogP contribution in [-0.2, 0) is 0 Å². The number of hydrogen-bond donors (Lipinski definition) is 1. The van der Waals surface area contributed by atoms with Gasteiger partial charge in [-0.15, -0.1) is 0 Å². The van der Waals surface area contributed by atoms with Crippen molar-refractivity contribution in [3.63, 3.8) is 0 Å². The first-order valence-electron chi connectivity index (χ1n) is 6.76. The van der Waals surface area contributed by atoms with Crippen LogP contribution in [0.5, 0.6) is 0 Å². The van der Waals surface area contributed by atoms with Gasteiger partial charge in [-0.1, -0.05) is 59.3 Å². The Labute approximate surface area is 124 Å². The Morgan fingerprint density at radius 1 is 1.11 bits per heavy atom. The van der Waals surface area contributed by atoms with Crippen molar-refractivity contribution in [3.05, 3.63) is 69.7 Å². The predicted molar refractivity (Wildman–Crippen MR) is 85.5 cm³/mol.